The predicted octanol–water partition coefficient (Wildman–Crippen LogP) is 2.26. The quantitative estimate of drug-likeness (QED) is 0.740. The zero-order valence-electron chi connectivity index (χ0n) is 17.2. The van der Waals surface area contributed by atoms with Crippen LogP contribution in [0, 0.1) is 12.8 Å². The summed E-state index contributed by atoms with van der Waals surface area (Å²) in [7, 11) is -3.71. The van der Waals surface area contributed by atoms with E-state index in [0.717, 1.165) is 31.2 Å². The third-order valence-electron chi connectivity index (χ3n) is 6.00. The van der Waals surface area contributed by atoms with Crippen LogP contribution in [0.3, 0.4) is 0 Å². The molecule has 1 aliphatic carbocycles. The minimum atomic E-state index is -3.71. The third-order valence-corrected chi connectivity index (χ3v) is 8.00. The average molecular weight is 430 g/mol. The highest BCUT2D eigenvalue weighted by Gasteiger charge is 2.34. The Bertz CT molecular complexity index is 999. The maximum Gasteiger partial charge on any atom is 0.246 e. The molecule has 0 radical (unpaired) electrons. The van der Waals surface area contributed by atoms with Crippen molar-refractivity contribution in [1.82, 2.24) is 24.2 Å². The van der Waals surface area contributed by atoms with Crippen molar-refractivity contribution in [3.05, 3.63) is 36.4 Å². The normalized spacial score (nSPS) is 19.0. The Balaban J connectivity index is 1.45. The van der Waals surface area contributed by atoms with Crippen LogP contribution in [0.15, 0.2) is 35.6 Å². The number of carbonyl (C=O) groups excluding carboxylic acids is 1. The van der Waals surface area contributed by atoms with Crippen LogP contribution in [-0.2, 0) is 14.8 Å². The van der Waals surface area contributed by atoms with Crippen LogP contribution >= 0.6 is 0 Å². The topological polar surface area (TPSA) is 96.4 Å². The van der Waals surface area contributed by atoms with Crippen molar-refractivity contribution in [3.8, 4) is 11.4 Å². The first-order chi connectivity index (χ1) is 14.5. The van der Waals surface area contributed by atoms with E-state index in [2.05, 4.69) is 15.0 Å². The number of nitrogens with zero attached hydrogens (tertiary/aromatic N) is 5. The van der Waals surface area contributed by atoms with E-state index in [4.69, 9.17) is 0 Å². The van der Waals surface area contributed by atoms with Crippen LogP contribution in [0.1, 0.15) is 37.8 Å². The Morgan fingerprint density at radius 3 is 2.33 bits per heavy atom. The van der Waals surface area contributed by atoms with Crippen molar-refractivity contribution in [3.63, 3.8) is 0 Å². The van der Waals surface area contributed by atoms with Gasteiger partial charge in [-0.25, -0.2) is 18.4 Å². The first kappa shape index (κ1) is 20.9. The highest BCUT2D eigenvalue weighted by atomic mass is 32.2. The van der Waals surface area contributed by atoms with Gasteiger partial charge in [-0.2, -0.15) is 4.31 Å². The van der Waals surface area contributed by atoms with E-state index in [-0.39, 0.29) is 16.7 Å². The van der Waals surface area contributed by atoms with Gasteiger partial charge in [0.25, 0.3) is 0 Å². The summed E-state index contributed by atoms with van der Waals surface area (Å²) in [6.45, 7) is 3.15. The maximum absolute atomic E-state index is 13.2. The summed E-state index contributed by atoms with van der Waals surface area (Å²) in [5.41, 5.74) is 1.20. The fourth-order valence-corrected chi connectivity index (χ4v) is 5.77. The van der Waals surface area contributed by atoms with Gasteiger partial charge in [0, 0.05) is 50.1 Å². The summed E-state index contributed by atoms with van der Waals surface area (Å²) in [5, 5.41) is 0. The number of amides is 1. The standard InChI is InChI=1S/C21H27N5O3S/c1-16-19(15-23-20(24-16)17-7-9-22-10-8-17)30(28,29)26-13-11-25(12-14-26)21(27)18-5-3-2-4-6-18/h7-10,15,18H,2-6,11-14H2,1H3. The van der Waals surface area contributed by atoms with Crippen LogP contribution < -0.4 is 0 Å². The summed E-state index contributed by atoms with van der Waals surface area (Å²) >= 11 is 0. The van der Waals surface area contributed by atoms with E-state index in [1.165, 1.54) is 16.9 Å². The van der Waals surface area contributed by atoms with Crippen molar-refractivity contribution >= 4 is 15.9 Å². The molecule has 4 rings (SSSR count). The molecule has 1 aliphatic heterocycles. The summed E-state index contributed by atoms with van der Waals surface area (Å²) in [6.07, 6.45) is 10.0. The molecule has 30 heavy (non-hydrogen) atoms. The molecular weight excluding hydrogens is 402 g/mol. The molecule has 2 fully saturated rings. The van der Waals surface area contributed by atoms with Gasteiger partial charge in [-0.05, 0) is 31.9 Å². The zero-order chi connectivity index (χ0) is 21.1. The molecule has 0 spiro atoms. The molecule has 2 aliphatic rings. The molecule has 2 aromatic heterocycles. The second-order valence-corrected chi connectivity index (χ2v) is 9.85. The maximum atomic E-state index is 13.2. The Hall–Kier alpha value is -2.39. The molecule has 1 saturated heterocycles. The Labute approximate surface area is 177 Å². The second-order valence-electron chi connectivity index (χ2n) is 7.94. The van der Waals surface area contributed by atoms with Gasteiger partial charge in [-0.3, -0.25) is 9.78 Å². The Morgan fingerprint density at radius 1 is 1.03 bits per heavy atom. The number of sulfonamides is 1. The van der Waals surface area contributed by atoms with Crippen molar-refractivity contribution in [2.75, 3.05) is 26.2 Å². The molecular formula is C21H27N5O3S. The Morgan fingerprint density at radius 2 is 1.70 bits per heavy atom. The van der Waals surface area contributed by atoms with E-state index >= 15 is 0 Å². The molecule has 9 heteroatoms. The molecule has 0 aromatic carbocycles. The number of aryl methyl sites for hydroxylation is 1. The predicted molar refractivity (Wildman–Crippen MR) is 112 cm³/mol. The molecule has 1 saturated carbocycles. The minimum Gasteiger partial charge on any atom is -0.340 e. The van der Waals surface area contributed by atoms with E-state index in [9.17, 15) is 13.2 Å². The fourth-order valence-electron chi connectivity index (χ4n) is 4.25. The highest BCUT2D eigenvalue weighted by Crippen LogP contribution is 2.27. The summed E-state index contributed by atoms with van der Waals surface area (Å²) < 4.78 is 27.8. The van der Waals surface area contributed by atoms with Crippen molar-refractivity contribution in [2.24, 2.45) is 5.92 Å². The van der Waals surface area contributed by atoms with Crippen molar-refractivity contribution < 1.29 is 13.2 Å². The van der Waals surface area contributed by atoms with E-state index in [1.54, 1.807) is 31.5 Å². The number of hydrogen-bond donors (Lipinski definition) is 0. The monoisotopic (exact) mass is 429 g/mol. The molecule has 0 N–H and O–H groups in total. The SMILES string of the molecule is Cc1nc(-c2ccncc2)ncc1S(=O)(=O)N1CCN(C(=O)C2CCCCC2)CC1. The van der Waals surface area contributed by atoms with Gasteiger partial charge < -0.3 is 4.90 Å². The molecule has 8 nitrogen and oxygen atoms in total. The first-order valence-electron chi connectivity index (χ1n) is 10.5. The average Bonchev–Trinajstić information content (AvgIpc) is 2.79. The lowest BCUT2D eigenvalue weighted by Crippen LogP contribution is -2.52. The smallest absolute Gasteiger partial charge is 0.246 e. The number of aromatic nitrogens is 3. The zero-order valence-corrected chi connectivity index (χ0v) is 18.0. The third kappa shape index (κ3) is 4.22. The highest BCUT2D eigenvalue weighted by molar-refractivity contribution is 7.89. The summed E-state index contributed by atoms with van der Waals surface area (Å²) in [5.74, 6) is 0.767. The van der Waals surface area contributed by atoms with Gasteiger partial charge in [0.05, 0.1) is 11.9 Å². The lowest BCUT2D eigenvalue weighted by atomic mass is 9.88. The number of rotatable bonds is 4. The van der Waals surface area contributed by atoms with Gasteiger partial charge in [0.15, 0.2) is 5.82 Å². The number of pyridine rings is 1. The first-order valence-corrected chi connectivity index (χ1v) is 11.9. The lowest BCUT2D eigenvalue weighted by molar-refractivity contribution is -0.137. The van der Waals surface area contributed by atoms with Gasteiger partial charge in [0.1, 0.15) is 4.90 Å². The molecule has 160 valence electrons. The van der Waals surface area contributed by atoms with Gasteiger partial charge in [-0.1, -0.05) is 19.3 Å². The molecule has 2 aromatic rings. The Kier molecular flexibility index (Phi) is 6.10. The van der Waals surface area contributed by atoms with E-state index < -0.39 is 10.0 Å². The molecule has 3 heterocycles. The molecule has 1 amide bonds. The number of hydrogen-bond acceptors (Lipinski definition) is 6. The van der Waals surface area contributed by atoms with Crippen molar-refractivity contribution in [1.29, 1.82) is 0 Å². The number of carbonyl (C=O) groups is 1. The van der Waals surface area contributed by atoms with Crippen LogP contribution in [0.25, 0.3) is 11.4 Å². The molecule has 0 bridgehead atoms. The van der Waals surface area contributed by atoms with Gasteiger partial charge in [-0.15, -0.1) is 0 Å². The van der Waals surface area contributed by atoms with E-state index in [0.29, 0.717) is 37.7 Å². The van der Waals surface area contributed by atoms with Crippen LogP contribution in [0.4, 0.5) is 0 Å². The summed E-state index contributed by atoms with van der Waals surface area (Å²) in [4.78, 5) is 27.3. The lowest BCUT2D eigenvalue weighted by Gasteiger charge is -2.36. The van der Waals surface area contributed by atoms with Crippen LogP contribution in [0.5, 0.6) is 0 Å². The summed E-state index contributed by atoms with van der Waals surface area (Å²) in [6, 6.07) is 3.57. The van der Waals surface area contributed by atoms with Crippen LogP contribution in [0.2, 0.25) is 0 Å². The molecule has 0 unspecified atom stereocenters. The largest absolute Gasteiger partial charge is 0.340 e. The number of piperazine rings is 1. The van der Waals surface area contributed by atoms with Gasteiger partial charge >= 0.3 is 0 Å². The van der Waals surface area contributed by atoms with E-state index in [1.807, 2.05) is 4.90 Å². The van der Waals surface area contributed by atoms with Crippen molar-refractivity contribution in [2.45, 2.75) is 43.9 Å². The fraction of sp³-hybridized carbons (Fsp3) is 0.524. The minimum absolute atomic E-state index is 0.110. The van der Waals surface area contributed by atoms with Crippen LogP contribution in [-0.4, -0.2) is 64.7 Å². The molecule has 0 atom stereocenters. The van der Waals surface area contributed by atoms with Gasteiger partial charge in [0.2, 0.25) is 15.9 Å². The second kappa shape index (κ2) is 8.77.